The predicted octanol–water partition coefficient (Wildman–Crippen LogP) is 4.43. The van der Waals surface area contributed by atoms with Crippen LogP contribution in [0.25, 0.3) is 16.7 Å². The number of carbonyl (C=O) groups excluding carboxylic acids is 1. The van der Waals surface area contributed by atoms with Gasteiger partial charge in [0.2, 0.25) is 5.95 Å². The smallest absolute Gasteiger partial charge is 0.338 e. The van der Waals surface area contributed by atoms with Crippen LogP contribution in [0, 0.1) is 0 Å². The SMILES string of the molecule is CCOC(=O)C1=C(c2ccc(OC)cc2)Nc2nc3ccccc3n2C1c1ccccn1. The molecular formula is C25H22N4O3. The largest absolute Gasteiger partial charge is 0.497 e. The van der Waals surface area contributed by atoms with E-state index in [4.69, 9.17) is 14.5 Å². The van der Waals surface area contributed by atoms with Gasteiger partial charge in [0, 0.05) is 6.20 Å². The fraction of sp³-hybridized carbons (Fsp3) is 0.160. The van der Waals surface area contributed by atoms with E-state index in [0.717, 1.165) is 28.0 Å². The lowest BCUT2D eigenvalue weighted by Crippen LogP contribution is -2.29. The van der Waals surface area contributed by atoms with Crippen LogP contribution in [0.3, 0.4) is 0 Å². The topological polar surface area (TPSA) is 78.3 Å². The third kappa shape index (κ3) is 3.28. The predicted molar refractivity (Wildman–Crippen MR) is 122 cm³/mol. The fourth-order valence-corrected chi connectivity index (χ4v) is 4.06. The molecule has 0 amide bonds. The van der Waals surface area contributed by atoms with E-state index in [2.05, 4.69) is 10.3 Å². The van der Waals surface area contributed by atoms with Crippen molar-refractivity contribution in [2.75, 3.05) is 19.0 Å². The lowest BCUT2D eigenvalue weighted by molar-refractivity contribution is -0.138. The molecule has 0 bridgehead atoms. The van der Waals surface area contributed by atoms with E-state index in [0.29, 0.717) is 17.2 Å². The highest BCUT2D eigenvalue weighted by molar-refractivity contribution is 6.03. The Morgan fingerprint density at radius 1 is 1.06 bits per heavy atom. The van der Waals surface area contributed by atoms with Crippen molar-refractivity contribution in [3.63, 3.8) is 0 Å². The van der Waals surface area contributed by atoms with Crippen molar-refractivity contribution in [3.05, 3.63) is 89.8 Å². The van der Waals surface area contributed by atoms with Gasteiger partial charge < -0.3 is 14.8 Å². The molecule has 5 rings (SSSR count). The molecule has 0 aliphatic carbocycles. The maximum Gasteiger partial charge on any atom is 0.338 e. The molecule has 1 atom stereocenters. The van der Waals surface area contributed by atoms with E-state index in [1.807, 2.05) is 71.3 Å². The molecule has 1 unspecified atom stereocenters. The van der Waals surface area contributed by atoms with Crippen molar-refractivity contribution in [2.45, 2.75) is 13.0 Å². The van der Waals surface area contributed by atoms with Gasteiger partial charge in [0.15, 0.2) is 0 Å². The van der Waals surface area contributed by atoms with Crippen LogP contribution in [0.4, 0.5) is 5.95 Å². The number of pyridine rings is 1. The van der Waals surface area contributed by atoms with E-state index in [-0.39, 0.29) is 6.61 Å². The molecular weight excluding hydrogens is 404 g/mol. The van der Waals surface area contributed by atoms with E-state index in [9.17, 15) is 4.79 Å². The van der Waals surface area contributed by atoms with Crippen LogP contribution < -0.4 is 10.1 Å². The highest BCUT2D eigenvalue weighted by atomic mass is 16.5. The van der Waals surface area contributed by atoms with Crippen molar-refractivity contribution in [1.82, 2.24) is 14.5 Å². The van der Waals surface area contributed by atoms with Gasteiger partial charge >= 0.3 is 5.97 Å². The number of ether oxygens (including phenoxy) is 2. The molecule has 2 aromatic heterocycles. The summed E-state index contributed by atoms with van der Waals surface area (Å²) in [6.07, 6.45) is 1.73. The maximum atomic E-state index is 13.4. The van der Waals surface area contributed by atoms with Gasteiger partial charge in [-0.25, -0.2) is 9.78 Å². The molecule has 32 heavy (non-hydrogen) atoms. The number of imidazole rings is 1. The fourth-order valence-electron chi connectivity index (χ4n) is 4.06. The third-order valence-electron chi connectivity index (χ3n) is 5.48. The number of rotatable bonds is 5. The first-order valence-corrected chi connectivity index (χ1v) is 10.4. The summed E-state index contributed by atoms with van der Waals surface area (Å²) in [5.41, 5.74) is 4.41. The standard InChI is InChI=1S/C25H22N4O3/c1-3-32-24(30)21-22(16-11-13-17(31-2)14-12-16)28-25-27-18-8-4-5-10-20(18)29(25)23(21)19-9-6-7-15-26-19/h4-15,23H,3H2,1-2H3,(H,27,28). The Labute approximate surface area is 185 Å². The first-order valence-electron chi connectivity index (χ1n) is 10.4. The van der Waals surface area contributed by atoms with E-state index >= 15 is 0 Å². The molecule has 7 heteroatoms. The van der Waals surface area contributed by atoms with Gasteiger partial charge in [0.25, 0.3) is 0 Å². The van der Waals surface area contributed by atoms with E-state index in [1.54, 1.807) is 20.2 Å². The Bertz CT molecular complexity index is 1310. The van der Waals surface area contributed by atoms with Crippen molar-refractivity contribution in [3.8, 4) is 5.75 Å². The van der Waals surface area contributed by atoms with E-state index < -0.39 is 12.0 Å². The number of hydrogen-bond acceptors (Lipinski definition) is 6. The summed E-state index contributed by atoms with van der Waals surface area (Å²) in [4.78, 5) is 22.7. The molecule has 4 aromatic rings. The highest BCUT2D eigenvalue weighted by Gasteiger charge is 2.37. The Morgan fingerprint density at radius 2 is 1.84 bits per heavy atom. The van der Waals surface area contributed by atoms with Gasteiger partial charge in [-0.1, -0.05) is 18.2 Å². The third-order valence-corrected chi connectivity index (χ3v) is 5.48. The minimum Gasteiger partial charge on any atom is -0.497 e. The summed E-state index contributed by atoms with van der Waals surface area (Å²) in [6.45, 7) is 2.07. The second-order valence-electron chi connectivity index (χ2n) is 7.31. The molecule has 0 saturated heterocycles. The average molecular weight is 426 g/mol. The lowest BCUT2D eigenvalue weighted by atomic mass is 9.95. The Kier molecular flexibility index (Phi) is 5.07. The molecule has 7 nitrogen and oxygen atoms in total. The van der Waals surface area contributed by atoms with Crippen LogP contribution in [-0.2, 0) is 9.53 Å². The van der Waals surface area contributed by atoms with Gasteiger partial charge in [-0.3, -0.25) is 9.55 Å². The summed E-state index contributed by atoms with van der Waals surface area (Å²) in [5.74, 6) is 0.974. The number of methoxy groups -OCH3 is 1. The molecule has 0 radical (unpaired) electrons. The molecule has 1 aliphatic rings. The van der Waals surface area contributed by atoms with Crippen LogP contribution in [0.1, 0.15) is 24.2 Å². The zero-order chi connectivity index (χ0) is 22.1. The number of para-hydroxylation sites is 2. The van der Waals surface area contributed by atoms with Crippen LogP contribution in [0.5, 0.6) is 5.75 Å². The van der Waals surface area contributed by atoms with Gasteiger partial charge in [-0.2, -0.15) is 0 Å². The van der Waals surface area contributed by atoms with Crippen LogP contribution >= 0.6 is 0 Å². The summed E-state index contributed by atoms with van der Waals surface area (Å²) >= 11 is 0. The minimum atomic E-state index is -0.504. The highest BCUT2D eigenvalue weighted by Crippen LogP contribution is 2.41. The molecule has 0 fully saturated rings. The second kappa shape index (κ2) is 8.19. The van der Waals surface area contributed by atoms with Gasteiger partial charge in [0.05, 0.1) is 41.7 Å². The first-order chi connectivity index (χ1) is 15.7. The molecule has 2 aromatic carbocycles. The molecule has 0 saturated carbocycles. The zero-order valence-electron chi connectivity index (χ0n) is 17.8. The van der Waals surface area contributed by atoms with Gasteiger partial charge in [-0.05, 0) is 61.0 Å². The number of aromatic nitrogens is 3. The van der Waals surface area contributed by atoms with Crippen LogP contribution in [0.15, 0.2) is 78.5 Å². The number of hydrogen-bond donors (Lipinski definition) is 1. The second-order valence-corrected chi connectivity index (χ2v) is 7.31. The zero-order valence-corrected chi connectivity index (χ0v) is 17.8. The number of nitrogens with zero attached hydrogens (tertiary/aromatic N) is 3. The molecule has 3 heterocycles. The molecule has 160 valence electrons. The minimum absolute atomic E-state index is 0.269. The van der Waals surface area contributed by atoms with Crippen molar-refractivity contribution in [1.29, 1.82) is 0 Å². The molecule has 0 spiro atoms. The van der Waals surface area contributed by atoms with Crippen molar-refractivity contribution in [2.24, 2.45) is 0 Å². The normalized spacial score (nSPS) is 15.2. The number of anilines is 1. The number of esters is 1. The van der Waals surface area contributed by atoms with Crippen molar-refractivity contribution >= 4 is 28.6 Å². The van der Waals surface area contributed by atoms with Gasteiger partial charge in [0.1, 0.15) is 11.8 Å². The maximum absolute atomic E-state index is 13.4. The van der Waals surface area contributed by atoms with Crippen LogP contribution in [0.2, 0.25) is 0 Å². The number of nitrogens with one attached hydrogen (secondary N) is 1. The average Bonchev–Trinajstić information content (AvgIpc) is 3.22. The van der Waals surface area contributed by atoms with Crippen molar-refractivity contribution < 1.29 is 14.3 Å². The monoisotopic (exact) mass is 426 g/mol. The summed E-state index contributed by atoms with van der Waals surface area (Å²) < 4.78 is 12.8. The van der Waals surface area contributed by atoms with Gasteiger partial charge in [-0.15, -0.1) is 0 Å². The summed E-state index contributed by atoms with van der Waals surface area (Å²) in [5, 5.41) is 3.39. The summed E-state index contributed by atoms with van der Waals surface area (Å²) in [6, 6.07) is 20.6. The van der Waals surface area contributed by atoms with E-state index in [1.165, 1.54) is 0 Å². The lowest BCUT2D eigenvalue weighted by Gasteiger charge is -2.30. The quantitative estimate of drug-likeness (QED) is 0.476. The molecule has 1 aliphatic heterocycles. The number of carbonyl (C=O) groups is 1. The van der Waals surface area contributed by atoms with Crippen LogP contribution in [-0.4, -0.2) is 34.2 Å². The Morgan fingerprint density at radius 3 is 2.56 bits per heavy atom. The Hall–Kier alpha value is -4.13. The first kappa shape index (κ1) is 19.8. The molecule has 1 N–H and O–H groups in total. The number of fused-ring (bicyclic) bond motifs is 3. The summed E-state index contributed by atoms with van der Waals surface area (Å²) in [7, 11) is 1.62. The Balaban J connectivity index is 1.80. The number of benzene rings is 2.